The van der Waals surface area contributed by atoms with Gasteiger partial charge in [0.15, 0.2) is 0 Å². The molecule has 5 nitrogen and oxygen atoms in total. The molecule has 0 bridgehead atoms. The fourth-order valence-corrected chi connectivity index (χ4v) is 1.30. The summed E-state index contributed by atoms with van der Waals surface area (Å²) in [6.07, 6.45) is -4.79. The lowest BCUT2D eigenvalue weighted by atomic mass is 10.2. The van der Waals surface area contributed by atoms with Crippen molar-refractivity contribution in [1.82, 2.24) is 5.32 Å². The van der Waals surface area contributed by atoms with E-state index in [4.69, 9.17) is 5.11 Å². The third kappa shape index (κ3) is 5.01. The molecule has 0 radical (unpaired) electrons. The fraction of sp³-hybridized carbons (Fsp3) is 0.333. The summed E-state index contributed by atoms with van der Waals surface area (Å²) in [6.45, 7) is 0.830. The number of aliphatic hydroxyl groups is 1. The Labute approximate surface area is 108 Å². The van der Waals surface area contributed by atoms with Crippen molar-refractivity contribution in [2.45, 2.75) is 19.5 Å². The summed E-state index contributed by atoms with van der Waals surface area (Å²) in [5, 5.41) is 13.6. The lowest BCUT2D eigenvalue weighted by Crippen LogP contribution is -2.35. The van der Waals surface area contributed by atoms with Crippen LogP contribution in [0.15, 0.2) is 24.3 Å². The first-order chi connectivity index (χ1) is 8.90. The first-order valence-electron chi connectivity index (χ1n) is 5.52. The number of halogens is 2. The molecule has 0 aliphatic carbocycles. The second-order valence-corrected chi connectivity index (χ2v) is 3.87. The summed E-state index contributed by atoms with van der Waals surface area (Å²) in [7, 11) is 0. The number of hydrogen-bond acceptors (Lipinski definition) is 3. The van der Waals surface area contributed by atoms with Crippen LogP contribution >= 0.6 is 0 Å². The number of benzene rings is 1. The van der Waals surface area contributed by atoms with Gasteiger partial charge in [0.2, 0.25) is 5.91 Å². The van der Waals surface area contributed by atoms with E-state index in [0.29, 0.717) is 5.69 Å². The van der Waals surface area contributed by atoms with E-state index in [-0.39, 0.29) is 11.5 Å². The summed E-state index contributed by atoms with van der Waals surface area (Å²) in [5.41, 5.74) is 0.771. The van der Waals surface area contributed by atoms with E-state index in [1.54, 1.807) is 0 Å². The van der Waals surface area contributed by atoms with E-state index in [0.717, 1.165) is 0 Å². The van der Waals surface area contributed by atoms with Gasteiger partial charge in [-0.25, -0.2) is 8.78 Å². The zero-order chi connectivity index (χ0) is 14.4. The zero-order valence-electron chi connectivity index (χ0n) is 10.2. The maximum Gasteiger partial charge on any atom is 0.265 e. The molecule has 7 heteroatoms. The highest BCUT2D eigenvalue weighted by Gasteiger charge is 2.17. The van der Waals surface area contributed by atoms with E-state index in [1.165, 1.54) is 31.2 Å². The van der Waals surface area contributed by atoms with Crippen molar-refractivity contribution < 1.29 is 23.5 Å². The molecule has 0 fully saturated rings. The Morgan fingerprint density at radius 1 is 1.26 bits per heavy atom. The average molecular weight is 272 g/mol. The number of carbonyl (C=O) groups is 2. The van der Waals surface area contributed by atoms with Crippen LogP contribution in [0.25, 0.3) is 0 Å². The number of amides is 2. The highest BCUT2D eigenvalue weighted by Crippen LogP contribution is 2.09. The summed E-state index contributed by atoms with van der Waals surface area (Å²) in [6, 6.07) is 5.91. The molecule has 1 aromatic carbocycles. The minimum atomic E-state index is -2.90. The lowest BCUT2D eigenvalue weighted by molar-refractivity contribution is -0.114. The van der Waals surface area contributed by atoms with Gasteiger partial charge < -0.3 is 15.7 Å². The van der Waals surface area contributed by atoms with E-state index in [1.807, 2.05) is 0 Å². The minimum Gasteiger partial charge on any atom is -0.385 e. The van der Waals surface area contributed by atoms with Crippen LogP contribution in [0.1, 0.15) is 17.3 Å². The van der Waals surface area contributed by atoms with Crippen LogP contribution in [0.3, 0.4) is 0 Å². The second kappa shape index (κ2) is 6.79. The predicted octanol–water partition coefficient (Wildman–Crippen LogP) is 1.00. The molecular weight excluding hydrogens is 258 g/mol. The van der Waals surface area contributed by atoms with Crippen LogP contribution < -0.4 is 10.6 Å². The average Bonchev–Trinajstić information content (AvgIpc) is 2.35. The van der Waals surface area contributed by atoms with Gasteiger partial charge in [-0.2, -0.15) is 0 Å². The monoisotopic (exact) mass is 272 g/mol. The molecule has 0 saturated carbocycles. The van der Waals surface area contributed by atoms with Crippen molar-refractivity contribution in [1.29, 1.82) is 0 Å². The van der Waals surface area contributed by atoms with Crippen LogP contribution in [0.4, 0.5) is 14.5 Å². The molecule has 0 heterocycles. The molecule has 2 amide bonds. The summed E-state index contributed by atoms with van der Waals surface area (Å²) >= 11 is 0. The highest BCUT2D eigenvalue weighted by molar-refractivity contribution is 5.95. The van der Waals surface area contributed by atoms with Gasteiger partial charge in [0.1, 0.15) is 6.10 Å². The molecule has 0 aliphatic rings. The number of rotatable bonds is 5. The van der Waals surface area contributed by atoms with Gasteiger partial charge in [0, 0.05) is 24.7 Å². The SMILES string of the molecule is CC(=O)Nc1ccc(C(=O)NCC(O)C(F)F)cc1. The molecular formula is C12H14F2N2O3. The number of hydrogen-bond donors (Lipinski definition) is 3. The number of anilines is 1. The number of carbonyl (C=O) groups excluding carboxylic acids is 2. The Bertz CT molecular complexity index is 449. The van der Waals surface area contributed by atoms with Gasteiger partial charge in [-0.3, -0.25) is 9.59 Å². The predicted molar refractivity (Wildman–Crippen MR) is 65.1 cm³/mol. The summed E-state index contributed by atoms with van der Waals surface area (Å²) in [4.78, 5) is 22.3. The van der Waals surface area contributed by atoms with Gasteiger partial charge in [-0.15, -0.1) is 0 Å². The molecule has 1 rings (SSSR count). The fourth-order valence-electron chi connectivity index (χ4n) is 1.30. The molecule has 1 unspecified atom stereocenters. The quantitative estimate of drug-likeness (QED) is 0.748. The lowest BCUT2D eigenvalue weighted by Gasteiger charge is -2.11. The van der Waals surface area contributed by atoms with Gasteiger partial charge in [0.25, 0.3) is 12.3 Å². The largest absolute Gasteiger partial charge is 0.385 e. The third-order valence-electron chi connectivity index (χ3n) is 2.23. The van der Waals surface area contributed by atoms with Crippen LogP contribution in [0.5, 0.6) is 0 Å². The molecule has 1 aromatic rings. The van der Waals surface area contributed by atoms with Crippen LogP contribution in [0, 0.1) is 0 Å². The van der Waals surface area contributed by atoms with Gasteiger partial charge in [0.05, 0.1) is 0 Å². The van der Waals surface area contributed by atoms with Gasteiger partial charge >= 0.3 is 0 Å². The van der Waals surface area contributed by atoms with Crippen molar-refractivity contribution >= 4 is 17.5 Å². The summed E-state index contributed by atoms with van der Waals surface area (Å²) < 4.78 is 24.0. The van der Waals surface area contributed by atoms with Crippen molar-refractivity contribution in [3.63, 3.8) is 0 Å². The summed E-state index contributed by atoms with van der Waals surface area (Å²) in [5.74, 6) is -0.814. The standard InChI is InChI=1S/C12H14F2N2O3/c1-7(17)16-9-4-2-8(3-5-9)12(19)15-6-10(18)11(13)14/h2-5,10-11,18H,6H2,1H3,(H,15,19)(H,16,17). The van der Waals surface area contributed by atoms with Gasteiger partial charge in [-0.1, -0.05) is 0 Å². The van der Waals surface area contributed by atoms with E-state index in [9.17, 15) is 18.4 Å². The third-order valence-corrected chi connectivity index (χ3v) is 2.23. The molecule has 0 spiro atoms. The number of aliphatic hydroxyl groups excluding tert-OH is 1. The molecule has 0 aliphatic heterocycles. The molecule has 104 valence electrons. The van der Waals surface area contributed by atoms with Crippen molar-refractivity contribution in [3.8, 4) is 0 Å². The van der Waals surface area contributed by atoms with Crippen LogP contribution in [-0.2, 0) is 4.79 Å². The van der Waals surface area contributed by atoms with Crippen LogP contribution in [0.2, 0.25) is 0 Å². The number of nitrogens with one attached hydrogen (secondary N) is 2. The van der Waals surface area contributed by atoms with Crippen molar-refractivity contribution in [3.05, 3.63) is 29.8 Å². The molecule has 0 saturated heterocycles. The first-order valence-corrected chi connectivity index (χ1v) is 5.52. The maximum atomic E-state index is 12.0. The van der Waals surface area contributed by atoms with E-state index < -0.39 is 25.0 Å². The maximum absolute atomic E-state index is 12.0. The Hall–Kier alpha value is -2.02. The second-order valence-electron chi connectivity index (χ2n) is 3.87. The van der Waals surface area contributed by atoms with Crippen molar-refractivity contribution in [2.24, 2.45) is 0 Å². The van der Waals surface area contributed by atoms with Gasteiger partial charge in [-0.05, 0) is 24.3 Å². The molecule has 0 aromatic heterocycles. The minimum absolute atomic E-state index is 0.239. The smallest absolute Gasteiger partial charge is 0.265 e. The Balaban J connectivity index is 2.55. The molecule has 3 N–H and O–H groups in total. The van der Waals surface area contributed by atoms with E-state index in [2.05, 4.69) is 10.6 Å². The van der Waals surface area contributed by atoms with Crippen LogP contribution in [-0.4, -0.2) is 36.0 Å². The van der Waals surface area contributed by atoms with E-state index >= 15 is 0 Å². The Morgan fingerprint density at radius 2 is 1.84 bits per heavy atom. The molecule has 1 atom stereocenters. The first kappa shape index (κ1) is 15.0. The highest BCUT2D eigenvalue weighted by atomic mass is 19.3. The Kier molecular flexibility index (Phi) is 5.37. The molecule has 19 heavy (non-hydrogen) atoms. The normalized spacial score (nSPS) is 12.1. The zero-order valence-corrected chi connectivity index (χ0v) is 10.2. The number of alkyl halides is 2. The van der Waals surface area contributed by atoms with Crippen molar-refractivity contribution in [2.75, 3.05) is 11.9 Å². The topological polar surface area (TPSA) is 78.4 Å². The Morgan fingerprint density at radius 3 is 2.32 bits per heavy atom.